The van der Waals surface area contributed by atoms with Gasteiger partial charge in [-0.3, -0.25) is 9.98 Å². The molecule has 0 amide bonds. The van der Waals surface area contributed by atoms with E-state index in [0.717, 1.165) is 58.0 Å². The van der Waals surface area contributed by atoms with Crippen molar-refractivity contribution in [3.8, 4) is 11.5 Å². The van der Waals surface area contributed by atoms with Gasteiger partial charge in [0, 0.05) is 23.2 Å². The van der Waals surface area contributed by atoms with E-state index in [0.29, 0.717) is 39.6 Å². The summed E-state index contributed by atoms with van der Waals surface area (Å²) in [6.07, 6.45) is 4.28. The van der Waals surface area contributed by atoms with E-state index in [9.17, 15) is 0 Å². The fraction of sp³-hybridized carbons (Fsp3) is 0.294. The minimum Gasteiger partial charge on any atom is -0.491 e. The van der Waals surface area contributed by atoms with Crippen molar-refractivity contribution < 1.29 is 28.4 Å². The van der Waals surface area contributed by atoms with E-state index in [-0.39, 0.29) is 12.2 Å². The van der Waals surface area contributed by atoms with Crippen molar-refractivity contribution in [2.45, 2.75) is 12.2 Å². The van der Waals surface area contributed by atoms with Gasteiger partial charge in [0.15, 0.2) is 0 Å². The molecule has 2 aliphatic rings. The SMILES string of the molecule is C(=Nc1cccc2c(N=Cc3ccc(OCCOCC4CO4)cc3)cccc12)c1ccc(OCCOCC2CO2)cc1. The molecule has 216 valence electrons. The second-order valence-electron chi connectivity index (χ2n) is 10.1. The molecule has 2 heterocycles. The van der Waals surface area contributed by atoms with E-state index in [4.69, 9.17) is 38.4 Å². The summed E-state index contributed by atoms with van der Waals surface area (Å²) in [7, 11) is 0. The Balaban J connectivity index is 1.03. The molecule has 2 fully saturated rings. The van der Waals surface area contributed by atoms with Crippen molar-refractivity contribution in [3.63, 3.8) is 0 Å². The summed E-state index contributed by atoms with van der Waals surface area (Å²) in [6, 6.07) is 27.9. The quantitative estimate of drug-likeness (QED) is 0.0950. The zero-order chi connectivity index (χ0) is 28.4. The molecule has 0 aromatic heterocycles. The number of epoxide rings is 2. The highest BCUT2D eigenvalue weighted by Crippen LogP contribution is 2.32. The van der Waals surface area contributed by atoms with Crippen molar-refractivity contribution >= 4 is 34.6 Å². The average molecular weight is 567 g/mol. The Morgan fingerprint density at radius 1 is 0.571 bits per heavy atom. The molecule has 0 aliphatic carbocycles. The molecule has 4 aromatic rings. The van der Waals surface area contributed by atoms with Crippen LogP contribution in [0.4, 0.5) is 11.4 Å². The van der Waals surface area contributed by atoms with E-state index in [1.165, 1.54) is 0 Å². The van der Waals surface area contributed by atoms with Crippen LogP contribution >= 0.6 is 0 Å². The first-order valence-electron chi connectivity index (χ1n) is 14.2. The summed E-state index contributed by atoms with van der Waals surface area (Å²) >= 11 is 0. The molecule has 2 aliphatic heterocycles. The Labute approximate surface area is 245 Å². The number of hydrogen-bond donors (Lipinski definition) is 0. The summed E-state index contributed by atoms with van der Waals surface area (Å²) < 4.78 is 32.8. The number of rotatable bonds is 16. The second kappa shape index (κ2) is 14.2. The molecule has 0 saturated carbocycles. The van der Waals surface area contributed by atoms with E-state index in [1.54, 1.807) is 0 Å². The van der Waals surface area contributed by atoms with Gasteiger partial charge in [-0.1, -0.05) is 24.3 Å². The Kier molecular flexibility index (Phi) is 9.49. The molecular formula is C34H34N2O6. The van der Waals surface area contributed by atoms with E-state index in [1.807, 2.05) is 85.2 Å². The summed E-state index contributed by atoms with van der Waals surface area (Å²) in [5.74, 6) is 1.61. The van der Waals surface area contributed by atoms with Gasteiger partial charge in [-0.25, -0.2) is 0 Å². The van der Waals surface area contributed by atoms with Crippen LogP contribution in [0.15, 0.2) is 94.9 Å². The zero-order valence-corrected chi connectivity index (χ0v) is 23.4. The third kappa shape index (κ3) is 8.47. The molecule has 2 atom stereocenters. The Morgan fingerprint density at radius 2 is 1.00 bits per heavy atom. The first-order valence-corrected chi connectivity index (χ1v) is 14.2. The van der Waals surface area contributed by atoms with Crippen LogP contribution in [0.3, 0.4) is 0 Å². The minimum absolute atomic E-state index is 0.276. The molecule has 0 N–H and O–H groups in total. The minimum atomic E-state index is 0.276. The Bertz CT molecular complexity index is 1380. The fourth-order valence-electron chi connectivity index (χ4n) is 4.29. The third-order valence-electron chi connectivity index (χ3n) is 6.75. The van der Waals surface area contributed by atoms with Gasteiger partial charge in [0.2, 0.25) is 0 Å². The molecule has 0 radical (unpaired) electrons. The van der Waals surface area contributed by atoms with Gasteiger partial charge < -0.3 is 28.4 Å². The number of benzene rings is 4. The third-order valence-corrected chi connectivity index (χ3v) is 6.75. The van der Waals surface area contributed by atoms with Gasteiger partial charge in [0.1, 0.15) is 36.9 Å². The Hall–Kier alpha value is -4.08. The summed E-state index contributed by atoms with van der Waals surface area (Å²) in [5.41, 5.74) is 3.75. The summed E-state index contributed by atoms with van der Waals surface area (Å²) in [4.78, 5) is 9.56. The predicted molar refractivity (Wildman–Crippen MR) is 163 cm³/mol. The first-order chi connectivity index (χ1) is 20.8. The van der Waals surface area contributed by atoms with Gasteiger partial charge in [-0.15, -0.1) is 0 Å². The van der Waals surface area contributed by atoms with E-state index in [2.05, 4.69) is 12.1 Å². The maximum Gasteiger partial charge on any atom is 0.119 e. The highest BCUT2D eigenvalue weighted by Gasteiger charge is 2.22. The van der Waals surface area contributed by atoms with Gasteiger partial charge >= 0.3 is 0 Å². The molecule has 2 saturated heterocycles. The van der Waals surface area contributed by atoms with Crippen LogP contribution in [0, 0.1) is 0 Å². The molecule has 0 bridgehead atoms. The van der Waals surface area contributed by atoms with Crippen LogP contribution in [-0.4, -0.2) is 77.5 Å². The predicted octanol–water partition coefficient (Wildman–Crippen LogP) is 5.93. The monoisotopic (exact) mass is 566 g/mol. The van der Waals surface area contributed by atoms with E-state index < -0.39 is 0 Å². The summed E-state index contributed by atoms with van der Waals surface area (Å²) in [5, 5.41) is 2.08. The first kappa shape index (κ1) is 28.1. The van der Waals surface area contributed by atoms with Crippen molar-refractivity contribution in [2.75, 3.05) is 52.9 Å². The van der Waals surface area contributed by atoms with Gasteiger partial charge in [0.25, 0.3) is 0 Å². The number of aliphatic imine (C=N–C) groups is 2. The van der Waals surface area contributed by atoms with Crippen molar-refractivity contribution in [2.24, 2.45) is 9.98 Å². The molecule has 8 nitrogen and oxygen atoms in total. The van der Waals surface area contributed by atoms with Gasteiger partial charge in [0.05, 0.1) is 51.0 Å². The topological polar surface area (TPSA) is 86.7 Å². The number of ether oxygens (including phenoxy) is 6. The highest BCUT2D eigenvalue weighted by atomic mass is 16.6. The van der Waals surface area contributed by atoms with Gasteiger partial charge in [-0.2, -0.15) is 0 Å². The molecule has 0 spiro atoms. The van der Waals surface area contributed by atoms with Crippen molar-refractivity contribution in [3.05, 3.63) is 96.1 Å². The molecule has 2 unspecified atom stereocenters. The number of hydrogen-bond acceptors (Lipinski definition) is 8. The normalized spacial score (nSPS) is 17.7. The van der Waals surface area contributed by atoms with Crippen LogP contribution in [0.5, 0.6) is 11.5 Å². The smallest absolute Gasteiger partial charge is 0.119 e. The standard InChI is InChI=1S/C34H34N2O6/c1-3-31-32(33(5-1)35-19-25-7-11-27(12-8-25)39-17-15-37-21-29-23-41-29)4-2-6-34(31)36-20-26-9-13-28(14-10-26)40-18-16-38-22-30-24-42-30/h1-14,19-20,29-30H,15-18,21-24H2. The molecule has 6 rings (SSSR count). The lowest BCUT2D eigenvalue weighted by atomic mass is 10.1. The van der Waals surface area contributed by atoms with Gasteiger partial charge in [-0.05, 0) is 71.8 Å². The number of fused-ring (bicyclic) bond motifs is 1. The van der Waals surface area contributed by atoms with Crippen LogP contribution < -0.4 is 9.47 Å². The van der Waals surface area contributed by atoms with Crippen LogP contribution in [0.2, 0.25) is 0 Å². The van der Waals surface area contributed by atoms with Crippen LogP contribution in [-0.2, 0) is 18.9 Å². The highest BCUT2D eigenvalue weighted by molar-refractivity contribution is 6.02. The molecule has 8 heteroatoms. The number of nitrogens with zero attached hydrogens (tertiary/aromatic N) is 2. The lowest BCUT2D eigenvalue weighted by Gasteiger charge is -2.07. The van der Waals surface area contributed by atoms with Crippen molar-refractivity contribution in [1.82, 2.24) is 0 Å². The summed E-state index contributed by atoms with van der Waals surface area (Å²) in [6.45, 7) is 4.99. The zero-order valence-electron chi connectivity index (χ0n) is 23.4. The maximum atomic E-state index is 5.75. The van der Waals surface area contributed by atoms with Crippen LogP contribution in [0.25, 0.3) is 10.8 Å². The molecule has 42 heavy (non-hydrogen) atoms. The van der Waals surface area contributed by atoms with E-state index >= 15 is 0 Å². The molecule has 4 aromatic carbocycles. The average Bonchev–Trinajstić information content (AvgIpc) is 3.96. The molecular weight excluding hydrogens is 532 g/mol. The van der Waals surface area contributed by atoms with Crippen molar-refractivity contribution in [1.29, 1.82) is 0 Å². The second-order valence-corrected chi connectivity index (χ2v) is 10.1. The lowest BCUT2D eigenvalue weighted by Crippen LogP contribution is -2.10. The Morgan fingerprint density at radius 3 is 1.40 bits per heavy atom. The fourth-order valence-corrected chi connectivity index (χ4v) is 4.29. The van der Waals surface area contributed by atoms with Crippen LogP contribution in [0.1, 0.15) is 11.1 Å². The lowest BCUT2D eigenvalue weighted by molar-refractivity contribution is 0.0878. The largest absolute Gasteiger partial charge is 0.491 e. The maximum absolute atomic E-state index is 5.75.